The molecule has 1 rings (SSSR count). The fraction of sp³-hybridized carbons (Fsp3) is 0.538. The monoisotopic (exact) mass is 207 g/mol. The Balaban J connectivity index is 2.50. The van der Waals surface area contributed by atoms with Crippen molar-refractivity contribution in [2.24, 2.45) is 5.73 Å². The molecule has 0 aliphatic heterocycles. The Morgan fingerprint density at radius 3 is 2.53 bits per heavy atom. The predicted molar refractivity (Wildman–Crippen MR) is 64.2 cm³/mol. The van der Waals surface area contributed by atoms with Crippen LogP contribution < -0.4 is 10.5 Å². The number of aryl methyl sites for hydroxylation is 1. The maximum absolute atomic E-state index is 5.94. The summed E-state index contributed by atoms with van der Waals surface area (Å²) in [4.78, 5) is 0. The van der Waals surface area contributed by atoms with Crippen molar-refractivity contribution in [2.75, 3.05) is 7.11 Å². The third-order valence-corrected chi connectivity index (χ3v) is 2.46. The molecule has 0 bridgehead atoms. The lowest BCUT2D eigenvalue weighted by Gasteiger charge is -2.18. The molecule has 0 fully saturated rings. The highest BCUT2D eigenvalue weighted by Gasteiger charge is 2.10. The van der Waals surface area contributed by atoms with Crippen LogP contribution in [0.4, 0.5) is 0 Å². The molecule has 0 heterocycles. The molecule has 1 aromatic carbocycles. The zero-order valence-corrected chi connectivity index (χ0v) is 9.92. The molecule has 0 unspecified atom stereocenters. The highest BCUT2D eigenvalue weighted by Crippen LogP contribution is 2.20. The summed E-state index contributed by atoms with van der Waals surface area (Å²) in [6.45, 7) is 4.13. The number of hydrogen-bond donors (Lipinski definition) is 1. The minimum atomic E-state index is -0.0674. The van der Waals surface area contributed by atoms with Crippen molar-refractivity contribution < 1.29 is 4.74 Å². The van der Waals surface area contributed by atoms with Gasteiger partial charge >= 0.3 is 0 Å². The molecule has 0 saturated heterocycles. The van der Waals surface area contributed by atoms with Gasteiger partial charge in [-0.05, 0) is 44.7 Å². The summed E-state index contributed by atoms with van der Waals surface area (Å²) in [5.74, 6) is 0.979. The van der Waals surface area contributed by atoms with Gasteiger partial charge < -0.3 is 10.5 Å². The van der Waals surface area contributed by atoms with Gasteiger partial charge in [0.1, 0.15) is 5.75 Å². The molecule has 0 spiro atoms. The first-order valence-corrected chi connectivity index (χ1v) is 5.44. The maximum Gasteiger partial charge on any atom is 0.122 e. The molecule has 0 aromatic heterocycles. The van der Waals surface area contributed by atoms with E-state index in [1.54, 1.807) is 7.11 Å². The van der Waals surface area contributed by atoms with Crippen LogP contribution in [0.25, 0.3) is 0 Å². The van der Waals surface area contributed by atoms with E-state index in [-0.39, 0.29) is 5.54 Å². The van der Waals surface area contributed by atoms with E-state index in [4.69, 9.17) is 10.5 Å². The third-order valence-electron chi connectivity index (χ3n) is 2.46. The summed E-state index contributed by atoms with van der Waals surface area (Å²) >= 11 is 0. The highest BCUT2D eigenvalue weighted by molar-refractivity contribution is 5.33. The van der Waals surface area contributed by atoms with Crippen molar-refractivity contribution in [2.45, 2.75) is 38.6 Å². The fourth-order valence-electron chi connectivity index (χ4n) is 1.64. The molecule has 84 valence electrons. The van der Waals surface area contributed by atoms with Crippen LogP contribution in [-0.4, -0.2) is 12.6 Å². The largest absolute Gasteiger partial charge is 0.496 e. The first kappa shape index (κ1) is 12.1. The van der Waals surface area contributed by atoms with E-state index in [0.29, 0.717) is 0 Å². The lowest BCUT2D eigenvalue weighted by molar-refractivity contribution is 0.405. The molecular formula is C13H21NO. The minimum absolute atomic E-state index is 0.0674. The molecule has 2 nitrogen and oxygen atoms in total. The van der Waals surface area contributed by atoms with E-state index in [0.717, 1.165) is 25.0 Å². The Hall–Kier alpha value is -1.02. The minimum Gasteiger partial charge on any atom is -0.496 e. The van der Waals surface area contributed by atoms with Gasteiger partial charge in [0.25, 0.3) is 0 Å². The van der Waals surface area contributed by atoms with Gasteiger partial charge in [-0.15, -0.1) is 0 Å². The summed E-state index contributed by atoms with van der Waals surface area (Å²) < 4.78 is 5.30. The average Bonchev–Trinajstić information content (AvgIpc) is 2.16. The van der Waals surface area contributed by atoms with Crippen molar-refractivity contribution in [3.63, 3.8) is 0 Å². The standard InChI is InChI=1S/C13H21NO/c1-13(2,14)10-6-8-11-7-4-5-9-12(11)15-3/h4-5,7,9H,6,8,10,14H2,1-3H3. The fourth-order valence-corrected chi connectivity index (χ4v) is 1.64. The Labute approximate surface area is 92.4 Å². The topological polar surface area (TPSA) is 35.2 Å². The van der Waals surface area contributed by atoms with Gasteiger partial charge in [0.05, 0.1) is 7.11 Å². The SMILES string of the molecule is COc1ccccc1CCCC(C)(C)N. The van der Waals surface area contributed by atoms with Crippen LogP contribution in [0, 0.1) is 0 Å². The summed E-state index contributed by atoms with van der Waals surface area (Å²) in [7, 11) is 1.71. The van der Waals surface area contributed by atoms with Crippen LogP contribution in [0.15, 0.2) is 24.3 Å². The number of para-hydroxylation sites is 1. The second-order valence-electron chi connectivity index (χ2n) is 4.65. The van der Waals surface area contributed by atoms with Gasteiger partial charge in [0, 0.05) is 5.54 Å². The molecule has 0 radical (unpaired) electrons. The molecule has 0 aliphatic carbocycles. The summed E-state index contributed by atoms with van der Waals surface area (Å²) in [5.41, 5.74) is 7.14. The van der Waals surface area contributed by atoms with E-state index in [9.17, 15) is 0 Å². The molecular weight excluding hydrogens is 186 g/mol. The van der Waals surface area contributed by atoms with E-state index in [1.807, 2.05) is 18.2 Å². The number of nitrogens with two attached hydrogens (primary N) is 1. The van der Waals surface area contributed by atoms with Crippen LogP contribution in [0.5, 0.6) is 5.75 Å². The summed E-state index contributed by atoms with van der Waals surface area (Å²) in [6, 6.07) is 8.16. The van der Waals surface area contributed by atoms with Crippen molar-refractivity contribution in [1.29, 1.82) is 0 Å². The number of rotatable bonds is 5. The average molecular weight is 207 g/mol. The highest BCUT2D eigenvalue weighted by atomic mass is 16.5. The van der Waals surface area contributed by atoms with Gasteiger partial charge in [0.15, 0.2) is 0 Å². The summed E-state index contributed by atoms with van der Waals surface area (Å²) in [5, 5.41) is 0. The van der Waals surface area contributed by atoms with Crippen molar-refractivity contribution in [3.05, 3.63) is 29.8 Å². The van der Waals surface area contributed by atoms with Gasteiger partial charge in [-0.1, -0.05) is 18.2 Å². The van der Waals surface area contributed by atoms with Crippen LogP contribution in [0.3, 0.4) is 0 Å². The molecule has 2 heteroatoms. The quantitative estimate of drug-likeness (QED) is 0.805. The molecule has 0 aliphatic rings. The number of hydrogen-bond acceptors (Lipinski definition) is 2. The number of methoxy groups -OCH3 is 1. The Kier molecular flexibility index (Phi) is 4.15. The number of benzene rings is 1. The lowest BCUT2D eigenvalue weighted by Crippen LogP contribution is -2.31. The molecule has 0 atom stereocenters. The Morgan fingerprint density at radius 2 is 1.93 bits per heavy atom. The van der Waals surface area contributed by atoms with Crippen molar-refractivity contribution in [3.8, 4) is 5.75 Å². The first-order chi connectivity index (χ1) is 7.03. The van der Waals surface area contributed by atoms with Crippen molar-refractivity contribution >= 4 is 0 Å². The zero-order chi connectivity index (χ0) is 11.3. The smallest absolute Gasteiger partial charge is 0.122 e. The molecule has 1 aromatic rings. The van der Waals surface area contributed by atoms with Gasteiger partial charge in [-0.3, -0.25) is 0 Å². The van der Waals surface area contributed by atoms with E-state index in [2.05, 4.69) is 19.9 Å². The Morgan fingerprint density at radius 1 is 1.27 bits per heavy atom. The first-order valence-electron chi connectivity index (χ1n) is 5.44. The van der Waals surface area contributed by atoms with Crippen LogP contribution in [0.2, 0.25) is 0 Å². The zero-order valence-electron chi connectivity index (χ0n) is 9.92. The predicted octanol–water partition coefficient (Wildman–Crippen LogP) is 2.76. The van der Waals surface area contributed by atoms with Gasteiger partial charge in [0.2, 0.25) is 0 Å². The normalized spacial score (nSPS) is 11.5. The van der Waals surface area contributed by atoms with Gasteiger partial charge in [-0.2, -0.15) is 0 Å². The van der Waals surface area contributed by atoms with E-state index < -0.39 is 0 Å². The Bertz CT molecular complexity index is 302. The summed E-state index contributed by atoms with van der Waals surface area (Å²) in [6.07, 6.45) is 3.17. The second kappa shape index (κ2) is 5.17. The van der Waals surface area contributed by atoms with Crippen molar-refractivity contribution in [1.82, 2.24) is 0 Å². The van der Waals surface area contributed by atoms with E-state index in [1.165, 1.54) is 5.56 Å². The second-order valence-corrected chi connectivity index (χ2v) is 4.65. The molecule has 0 amide bonds. The third kappa shape index (κ3) is 4.34. The van der Waals surface area contributed by atoms with Crippen LogP contribution in [0.1, 0.15) is 32.3 Å². The lowest BCUT2D eigenvalue weighted by atomic mass is 9.96. The molecule has 0 saturated carbocycles. The van der Waals surface area contributed by atoms with Crippen LogP contribution in [-0.2, 0) is 6.42 Å². The molecule has 15 heavy (non-hydrogen) atoms. The number of ether oxygens (including phenoxy) is 1. The molecule has 2 N–H and O–H groups in total. The van der Waals surface area contributed by atoms with Gasteiger partial charge in [-0.25, -0.2) is 0 Å². The van der Waals surface area contributed by atoms with E-state index >= 15 is 0 Å². The van der Waals surface area contributed by atoms with Crippen LogP contribution >= 0.6 is 0 Å². The maximum atomic E-state index is 5.94.